The van der Waals surface area contributed by atoms with E-state index in [4.69, 9.17) is 4.74 Å². The Kier molecular flexibility index (Phi) is 3.82. The van der Waals surface area contributed by atoms with Gasteiger partial charge in [0.1, 0.15) is 0 Å². The number of nitrogens with zero attached hydrogens (tertiary/aromatic N) is 1. The van der Waals surface area contributed by atoms with Gasteiger partial charge < -0.3 is 9.64 Å². The van der Waals surface area contributed by atoms with Crippen molar-refractivity contribution in [2.24, 2.45) is 11.3 Å². The third-order valence-corrected chi connectivity index (χ3v) is 4.39. The molecule has 0 N–H and O–H groups in total. The number of hydrogen-bond acceptors (Lipinski definition) is 2. The van der Waals surface area contributed by atoms with E-state index in [1.165, 1.54) is 19.3 Å². The van der Waals surface area contributed by atoms with Crippen LogP contribution >= 0.6 is 0 Å². The Balaban J connectivity index is 2.04. The number of allylic oxidation sites excluding steroid dienone is 2. The molecule has 0 aromatic rings. The Morgan fingerprint density at radius 2 is 1.82 bits per heavy atom. The van der Waals surface area contributed by atoms with E-state index in [0.717, 1.165) is 32.2 Å². The maximum absolute atomic E-state index is 5.44. The second kappa shape index (κ2) is 5.01. The average Bonchev–Trinajstić information content (AvgIpc) is 2.29. The van der Waals surface area contributed by atoms with Crippen LogP contribution in [0.3, 0.4) is 0 Å². The van der Waals surface area contributed by atoms with Gasteiger partial charge in [0.05, 0.1) is 13.2 Å². The molecule has 0 saturated carbocycles. The van der Waals surface area contributed by atoms with Crippen LogP contribution in [0.1, 0.15) is 47.0 Å². The summed E-state index contributed by atoms with van der Waals surface area (Å²) >= 11 is 0. The standard InChI is InChI=1S/C15H27NO/c1-12-11-13(15(2,3)4)5-6-14(12)16-7-9-17-10-8-16/h13H,5-11H2,1-4H3. The summed E-state index contributed by atoms with van der Waals surface area (Å²) in [4.78, 5) is 2.55. The molecular weight excluding hydrogens is 210 g/mol. The fourth-order valence-corrected chi connectivity index (χ4v) is 3.11. The summed E-state index contributed by atoms with van der Waals surface area (Å²) < 4.78 is 5.44. The first kappa shape index (κ1) is 12.9. The third kappa shape index (κ3) is 3.04. The lowest BCUT2D eigenvalue weighted by Crippen LogP contribution is -2.38. The molecule has 2 aliphatic rings. The second-order valence-corrected chi connectivity index (χ2v) is 6.63. The van der Waals surface area contributed by atoms with Crippen LogP contribution in [0.15, 0.2) is 11.3 Å². The molecule has 1 saturated heterocycles. The van der Waals surface area contributed by atoms with E-state index >= 15 is 0 Å². The quantitative estimate of drug-likeness (QED) is 0.692. The van der Waals surface area contributed by atoms with Gasteiger partial charge in [-0.05, 0) is 37.5 Å². The van der Waals surface area contributed by atoms with Gasteiger partial charge in [0.25, 0.3) is 0 Å². The number of rotatable bonds is 1. The predicted octanol–water partition coefficient (Wildman–Crippen LogP) is 3.44. The number of morpholine rings is 1. The minimum Gasteiger partial charge on any atom is -0.378 e. The lowest BCUT2D eigenvalue weighted by molar-refractivity contribution is 0.0486. The van der Waals surface area contributed by atoms with Crippen LogP contribution in [0.25, 0.3) is 0 Å². The normalized spacial score (nSPS) is 27.5. The molecule has 0 aromatic carbocycles. The van der Waals surface area contributed by atoms with Crippen LogP contribution < -0.4 is 0 Å². The Bertz CT molecular complexity index is 295. The molecule has 2 rings (SSSR count). The molecule has 1 atom stereocenters. The van der Waals surface area contributed by atoms with Gasteiger partial charge in [0.15, 0.2) is 0 Å². The fourth-order valence-electron chi connectivity index (χ4n) is 3.11. The van der Waals surface area contributed by atoms with Crippen LogP contribution in [0, 0.1) is 11.3 Å². The zero-order valence-corrected chi connectivity index (χ0v) is 11.9. The highest BCUT2D eigenvalue weighted by atomic mass is 16.5. The smallest absolute Gasteiger partial charge is 0.0642 e. The lowest BCUT2D eigenvalue weighted by atomic mass is 9.71. The maximum atomic E-state index is 5.44. The first-order valence-corrected chi connectivity index (χ1v) is 7.00. The fraction of sp³-hybridized carbons (Fsp3) is 0.867. The topological polar surface area (TPSA) is 12.5 Å². The predicted molar refractivity (Wildman–Crippen MR) is 71.9 cm³/mol. The van der Waals surface area contributed by atoms with Crippen molar-refractivity contribution in [1.29, 1.82) is 0 Å². The molecule has 1 heterocycles. The highest BCUT2D eigenvalue weighted by Gasteiger charge is 2.30. The maximum Gasteiger partial charge on any atom is 0.0642 e. The van der Waals surface area contributed by atoms with Gasteiger partial charge in [-0.2, -0.15) is 0 Å². The van der Waals surface area contributed by atoms with Crippen molar-refractivity contribution < 1.29 is 4.74 Å². The Morgan fingerprint density at radius 1 is 1.18 bits per heavy atom. The van der Waals surface area contributed by atoms with Crippen molar-refractivity contribution in [3.8, 4) is 0 Å². The van der Waals surface area contributed by atoms with Crippen molar-refractivity contribution in [1.82, 2.24) is 4.90 Å². The van der Waals surface area contributed by atoms with Crippen LogP contribution in [-0.4, -0.2) is 31.2 Å². The van der Waals surface area contributed by atoms with Gasteiger partial charge in [-0.1, -0.05) is 26.3 Å². The molecule has 1 unspecified atom stereocenters. The van der Waals surface area contributed by atoms with Gasteiger partial charge in [-0.25, -0.2) is 0 Å². The van der Waals surface area contributed by atoms with E-state index in [1.807, 2.05) is 0 Å². The van der Waals surface area contributed by atoms with Crippen molar-refractivity contribution in [3.63, 3.8) is 0 Å². The summed E-state index contributed by atoms with van der Waals surface area (Å²) in [6, 6.07) is 0. The first-order chi connectivity index (χ1) is 7.98. The summed E-state index contributed by atoms with van der Waals surface area (Å²) in [5.41, 5.74) is 3.70. The summed E-state index contributed by atoms with van der Waals surface area (Å²) in [6.07, 6.45) is 3.91. The lowest BCUT2D eigenvalue weighted by Gasteiger charge is -2.40. The minimum absolute atomic E-state index is 0.456. The highest BCUT2D eigenvalue weighted by molar-refractivity contribution is 5.16. The van der Waals surface area contributed by atoms with Gasteiger partial charge in [0, 0.05) is 18.8 Å². The monoisotopic (exact) mass is 237 g/mol. The Labute approximate surface area is 106 Å². The second-order valence-electron chi connectivity index (χ2n) is 6.63. The van der Waals surface area contributed by atoms with Crippen molar-refractivity contribution in [3.05, 3.63) is 11.3 Å². The van der Waals surface area contributed by atoms with E-state index in [-0.39, 0.29) is 0 Å². The Hall–Kier alpha value is -0.500. The molecule has 0 radical (unpaired) electrons. The Morgan fingerprint density at radius 3 is 2.35 bits per heavy atom. The van der Waals surface area contributed by atoms with Gasteiger partial charge in [0.2, 0.25) is 0 Å². The zero-order valence-electron chi connectivity index (χ0n) is 11.9. The van der Waals surface area contributed by atoms with E-state index in [1.54, 1.807) is 11.3 Å². The molecule has 17 heavy (non-hydrogen) atoms. The highest BCUT2D eigenvalue weighted by Crippen LogP contribution is 2.40. The molecule has 0 amide bonds. The molecular formula is C15H27NO. The number of hydrogen-bond donors (Lipinski definition) is 0. The molecule has 1 fully saturated rings. The van der Waals surface area contributed by atoms with Crippen LogP contribution in [0.2, 0.25) is 0 Å². The molecule has 0 aromatic heterocycles. The molecule has 1 aliphatic heterocycles. The zero-order chi connectivity index (χ0) is 12.5. The van der Waals surface area contributed by atoms with Crippen LogP contribution in [0.4, 0.5) is 0 Å². The van der Waals surface area contributed by atoms with Crippen molar-refractivity contribution >= 4 is 0 Å². The van der Waals surface area contributed by atoms with Crippen molar-refractivity contribution in [2.75, 3.05) is 26.3 Å². The summed E-state index contributed by atoms with van der Waals surface area (Å²) in [5.74, 6) is 0.854. The van der Waals surface area contributed by atoms with E-state index in [0.29, 0.717) is 5.41 Å². The third-order valence-electron chi connectivity index (χ3n) is 4.39. The summed E-state index contributed by atoms with van der Waals surface area (Å²) in [6.45, 7) is 13.5. The molecule has 98 valence electrons. The van der Waals surface area contributed by atoms with E-state index in [9.17, 15) is 0 Å². The largest absolute Gasteiger partial charge is 0.378 e. The van der Waals surface area contributed by atoms with Crippen LogP contribution in [0.5, 0.6) is 0 Å². The summed E-state index contributed by atoms with van der Waals surface area (Å²) in [5, 5.41) is 0. The van der Waals surface area contributed by atoms with Gasteiger partial charge in [-0.3, -0.25) is 0 Å². The van der Waals surface area contributed by atoms with E-state index in [2.05, 4.69) is 32.6 Å². The molecule has 1 aliphatic carbocycles. The van der Waals surface area contributed by atoms with Gasteiger partial charge >= 0.3 is 0 Å². The van der Waals surface area contributed by atoms with E-state index < -0.39 is 0 Å². The molecule has 2 nitrogen and oxygen atoms in total. The SMILES string of the molecule is CC1=C(N2CCOCC2)CCC(C(C)(C)C)C1. The minimum atomic E-state index is 0.456. The summed E-state index contributed by atoms with van der Waals surface area (Å²) in [7, 11) is 0. The first-order valence-electron chi connectivity index (χ1n) is 7.00. The van der Waals surface area contributed by atoms with Crippen LogP contribution in [-0.2, 0) is 4.74 Å². The molecule has 0 spiro atoms. The number of ether oxygens (including phenoxy) is 1. The van der Waals surface area contributed by atoms with Crippen molar-refractivity contribution in [2.45, 2.75) is 47.0 Å². The molecule has 2 heteroatoms. The molecule has 0 bridgehead atoms. The van der Waals surface area contributed by atoms with Gasteiger partial charge in [-0.15, -0.1) is 0 Å². The average molecular weight is 237 g/mol.